The van der Waals surface area contributed by atoms with Gasteiger partial charge in [-0.1, -0.05) is 11.2 Å². The Morgan fingerprint density at radius 3 is 2.58 bits per heavy atom. The van der Waals surface area contributed by atoms with Crippen molar-refractivity contribution in [1.82, 2.24) is 25.2 Å². The van der Waals surface area contributed by atoms with Gasteiger partial charge in [-0.05, 0) is 42.0 Å². The molecular formula is C16H15N7O3. The van der Waals surface area contributed by atoms with Crippen molar-refractivity contribution in [2.75, 3.05) is 10.6 Å². The van der Waals surface area contributed by atoms with Crippen LogP contribution in [0.1, 0.15) is 15.9 Å². The second kappa shape index (κ2) is 7.38. The molecule has 10 nitrogen and oxygen atoms in total. The monoisotopic (exact) mass is 353 g/mol. The van der Waals surface area contributed by atoms with Gasteiger partial charge in [0.05, 0.1) is 0 Å². The summed E-state index contributed by atoms with van der Waals surface area (Å²) in [5.41, 5.74) is 1.50. The summed E-state index contributed by atoms with van der Waals surface area (Å²) in [5.74, 6) is -0.687. The van der Waals surface area contributed by atoms with Crippen LogP contribution >= 0.6 is 0 Å². The van der Waals surface area contributed by atoms with Gasteiger partial charge in [-0.15, -0.1) is 5.10 Å². The van der Waals surface area contributed by atoms with E-state index in [0.717, 1.165) is 5.56 Å². The highest BCUT2D eigenvalue weighted by Crippen LogP contribution is 2.11. The molecule has 0 atom stereocenters. The Morgan fingerprint density at radius 2 is 1.88 bits per heavy atom. The lowest BCUT2D eigenvalue weighted by molar-refractivity contribution is -0.116. The second-order valence-electron chi connectivity index (χ2n) is 5.49. The third kappa shape index (κ3) is 4.17. The van der Waals surface area contributed by atoms with Crippen LogP contribution in [0.15, 0.2) is 47.4 Å². The molecule has 2 amide bonds. The molecule has 0 bridgehead atoms. The normalized spacial score (nSPS) is 10.3. The average Bonchev–Trinajstić information content (AvgIpc) is 3.11. The number of hydrogen-bond acceptors (Lipinski definition) is 6. The van der Waals surface area contributed by atoms with Gasteiger partial charge >= 0.3 is 0 Å². The van der Waals surface area contributed by atoms with Gasteiger partial charge in [-0.3, -0.25) is 19.7 Å². The Morgan fingerprint density at radius 1 is 1.12 bits per heavy atom. The molecule has 0 fully saturated rings. The number of amides is 2. The highest BCUT2D eigenvalue weighted by molar-refractivity contribution is 6.03. The number of tetrazole rings is 1. The molecule has 2 heterocycles. The van der Waals surface area contributed by atoms with E-state index in [2.05, 4.69) is 31.3 Å². The van der Waals surface area contributed by atoms with E-state index in [0.29, 0.717) is 11.3 Å². The van der Waals surface area contributed by atoms with Crippen LogP contribution in [0.5, 0.6) is 0 Å². The Hall–Kier alpha value is -3.82. The van der Waals surface area contributed by atoms with Gasteiger partial charge < -0.3 is 9.88 Å². The van der Waals surface area contributed by atoms with Crippen LogP contribution < -0.4 is 16.2 Å². The number of hydrogen-bond donors (Lipinski definition) is 3. The first kappa shape index (κ1) is 17.0. The van der Waals surface area contributed by atoms with E-state index in [9.17, 15) is 14.4 Å². The number of pyridine rings is 1. The zero-order chi connectivity index (χ0) is 18.5. The molecule has 0 aliphatic carbocycles. The Balaban J connectivity index is 1.61. The molecule has 0 saturated carbocycles. The van der Waals surface area contributed by atoms with Crippen LogP contribution in [0, 0.1) is 6.92 Å². The highest BCUT2D eigenvalue weighted by atomic mass is 16.2. The first-order valence-corrected chi connectivity index (χ1v) is 7.63. The molecular weight excluding hydrogens is 338 g/mol. The zero-order valence-corrected chi connectivity index (χ0v) is 13.8. The number of carbonyl (C=O) groups is 2. The van der Waals surface area contributed by atoms with Crippen LogP contribution in [-0.2, 0) is 11.3 Å². The van der Waals surface area contributed by atoms with E-state index in [1.165, 1.54) is 10.6 Å². The molecule has 2 aromatic heterocycles. The summed E-state index contributed by atoms with van der Waals surface area (Å²) in [7, 11) is 0. The predicted molar refractivity (Wildman–Crippen MR) is 92.6 cm³/mol. The molecule has 3 aromatic rings. The van der Waals surface area contributed by atoms with Crippen molar-refractivity contribution in [2.24, 2.45) is 0 Å². The number of nitrogens with one attached hydrogen (secondary N) is 3. The molecule has 0 spiro atoms. The quantitative estimate of drug-likeness (QED) is 0.613. The molecule has 3 rings (SSSR count). The summed E-state index contributed by atoms with van der Waals surface area (Å²) in [6.45, 7) is 1.74. The smallest absolute Gasteiger partial charge is 0.270 e. The van der Waals surface area contributed by atoms with Crippen LogP contribution in [0.4, 0.5) is 11.6 Å². The van der Waals surface area contributed by atoms with Crippen LogP contribution in [0.25, 0.3) is 0 Å². The fourth-order valence-corrected chi connectivity index (χ4v) is 2.22. The van der Waals surface area contributed by atoms with Crippen LogP contribution in [-0.4, -0.2) is 37.0 Å². The van der Waals surface area contributed by atoms with E-state index >= 15 is 0 Å². The maximum absolute atomic E-state index is 12.1. The number of benzene rings is 1. The number of aryl methyl sites for hydroxylation is 1. The third-order valence-electron chi connectivity index (χ3n) is 3.45. The third-order valence-corrected chi connectivity index (χ3v) is 3.45. The highest BCUT2D eigenvalue weighted by Gasteiger charge is 2.10. The number of carbonyl (C=O) groups excluding carboxylic acids is 2. The van der Waals surface area contributed by atoms with E-state index in [4.69, 9.17) is 0 Å². The lowest BCUT2D eigenvalue weighted by atomic mass is 10.2. The molecule has 10 heteroatoms. The van der Waals surface area contributed by atoms with Crippen molar-refractivity contribution < 1.29 is 9.59 Å². The minimum Gasteiger partial charge on any atom is -0.325 e. The molecule has 1 aromatic carbocycles. The van der Waals surface area contributed by atoms with E-state index in [-0.39, 0.29) is 24.0 Å². The number of anilines is 2. The minimum absolute atomic E-state index is 0.0657. The zero-order valence-electron chi connectivity index (χ0n) is 13.8. The fourth-order valence-electron chi connectivity index (χ4n) is 2.22. The predicted octanol–water partition coefficient (Wildman–Crippen LogP) is 0.561. The second-order valence-corrected chi connectivity index (χ2v) is 5.49. The minimum atomic E-state index is -0.407. The van der Waals surface area contributed by atoms with Crippen molar-refractivity contribution in [3.05, 3.63) is 64.1 Å². The number of rotatable bonds is 5. The molecule has 0 aliphatic heterocycles. The first-order chi connectivity index (χ1) is 12.5. The van der Waals surface area contributed by atoms with E-state index < -0.39 is 5.91 Å². The number of nitrogens with zero attached hydrogens (tertiary/aromatic N) is 4. The Kier molecular flexibility index (Phi) is 4.83. The molecule has 26 heavy (non-hydrogen) atoms. The fraction of sp³-hybridized carbons (Fsp3) is 0.125. The number of aromatic amines is 1. The standard InChI is InChI=1S/C16H15N7O3/c1-10-2-7-14(25)23(8-10)9-13(24)17-12-5-3-11(4-6-12)15(26)18-16-19-21-22-20-16/h2-8H,9H2,1H3,(H,17,24)(H2,18,19,20,21,22,26). The molecule has 0 aliphatic rings. The van der Waals surface area contributed by atoms with Crippen molar-refractivity contribution in [1.29, 1.82) is 0 Å². The Bertz CT molecular complexity index is 978. The van der Waals surface area contributed by atoms with Crippen molar-refractivity contribution in [2.45, 2.75) is 13.5 Å². The summed E-state index contributed by atoms with van der Waals surface area (Å²) in [6, 6.07) is 9.37. The Labute approximate surface area is 147 Å². The van der Waals surface area contributed by atoms with Gasteiger partial charge in [-0.25, -0.2) is 0 Å². The summed E-state index contributed by atoms with van der Waals surface area (Å²) < 4.78 is 1.33. The van der Waals surface area contributed by atoms with Gasteiger partial charge in [0.25, 0.3) is 17.4 Å². The van der Waals surface area contributed by atoms with Crippen LogP contribution in [0.2, 0.25) is 0 Å². The van der Waals surface area contributed by atoms with Crippen molar-refractivity contribution in [3.8, 4) is 0 Å². The molecule has 0 unspecified atom stereocenters. The first-order valence-electron chi connectivity index (χ1n) is 7.63. The molecule has 0 saturated heterocycles. The topological polar surface area (TPSA) is 135 Å². The summed E-state index contributed by atoms with van der Waals surface area (Å²) in [6.07, 6.45) is 1.62. The maximum Gasteiger partial charge on any atom is 0.270 e. The summed E-state index contributed by atoms with van der Waals surface area (Å²) in [4.78, 5) is 35.8. The summed E-state index contributed by atoms with van der Waals surface area (Å²) >= 11 is 0. The van der Waals surface area contributed by atoms with Crippen molar-refractivity contribution in [3.63, 3.8) is 0 Å². The SMILES string of the molecule is Cc1ccc(=O)n(CC(=O)Nc2ccc(C(=O)Nc3nn[nH]n3)cc2)c1. The van der Waals surface area contributed by atoms with Crippen molar-refractivity contribution >= 4 is 23.5 Å². The van der Waals surface area contributed by atoms with E-state index in [1.54, 1.807) is 36.5 Å². The van der Waals surface area contributed by atoms with Gasteiger partial charge in [-0.2, -0.15) is 5.21 Å². The van der Waals surface area contributed by atoms with Gasteiger partial charge in [0.2, 0.25) is 5.91 Å². The van der Waals surface area contributed by atoms with E-state index in [1.807, 2.05) is 6.92 Å². The van der Waals surface area contributed by atoms with Crippen LogP contribution in [0.3, 0.4) is 0 Å². The largest absolute Gasteiger partial charge is 0.325 e. The lowest BCUT2D eigenvalue weighted by Gasteiger charge is -2.08. The van der Waals surface area contributed by atoms with Gasteiger partial charge in [0, 0.05) is 23.5 Å². The molecule has 3 N–H and O–H groups in total. The van der Waals surface area contributed by atoms with Gasteiger partial charge in [0.15, 0.2) is 0 Å². The lowest BCUT2D eigenvalue weighted by Crippen LogP contribution is -2.26. The maximum atomic E-state index is 12.1. The van der Waals surface area contributed by atoms with Gasteiger partial charge in [0.1, 0.15) is 6.54 Å². The number of aromatic nitrogens is 5. The number of H-pyrrole nitrogens is 1. The summed E-state index contributed by atoms with van der Waals surface area (Å²) in [5, 5.41) is 18.0. The molecule has 132 valence electrons. The average molecular weight is 353 g/mol. The molecule has 0 radical (unpaired) electrons.